The van der Waals surface area contributed by atoms with Crippen LogP contribution in [-0.2, 0) is 9.59 Å². The molecule has 4 rings (SSSR count). The van der Waals surface area contributed by atoms with Crippen LogP contribution in [-0.4, -0.2) is 65.4 Å². The van der Waals surface area contributed by atoms with Gasteiger partial charge >= 0.3 is 6.03 Å². The fourth-order valence-corrected chi connectivity index (χ4v) is 5.12. The van der Waals surface area contributed by atoms with Gasteiger partial charge in [0.25, 0.3) is 5.91 Å². The SMILES string of the molecule is CC(C(=O)N1CC[C@@H]2CNC[C@@H]2CC1)N1C(=O)NC2(CCCC2)C1=O. The molecule has 1 saturated carbocycles. The maximum atomic E-state index is 13.0. The molecule has 0 aromatic rings. The summed E-state index contributed by atoms with van der Waals surface area (Å²) in [7, 11) is 0. The number of likely N-dealkylation sites (tertiary alicyclic amines) is 1. The van der Waals surface area contributed by atoms with E-state index in [9.17, 15) is 14.4 Å². The van der Waals surface area contributed by atoms with Crippen LogP contribution in [0, 0.1) is 11.8 Å². The number of urea groups is 1. The summed E-state index contributed by atoms with van der Waals surface area (Å²) < 4.78 is 0. The predicted octanol–water partition coefficient (Wildman–Crippen LogP) is 0.698. The number of rotatable bonds is 2. The lowest BCUT2D eigenvalue weighted by Gasteiger charge is -2.29. The van der Waals surface area contributed by atoms with E-state index in [-0.39, 0.29) is 11.8 Å². The normalized spacial score (nSPS) is 32.7. The van der Waals surface area contributed by atoms with Crippen LogP contribution in [0.5, 0.6) is 0 Å². The molecule has 25 heavy (non-hydrogen) atoms. The van der Waals surface area contributed by atoms with E-state index in [0.29, 0.717) is 24.7 Å². The van der Waals surface area contributed by atoms with Crippen LogP contribution >= 0.6 is 0 Å². The maximum Gasteiger partial charge on any atom is 0.325 e. The number of carbonyl (C=O) groups excluding carboxylic acids is 3. The first-order valence-electron chi connectivity index (χ1n) is 9.67. The van der Waals surface area contributed by atoms with Crippen molar-refractivity contribution in [3.05, 3.63) is 0 Å². The topological polar surface area (TPSA) is 81.8 Å². The first-order valence-corrected chi connectivity index (χ1v) is 9.67. The van der Waals surface area contributed by atoms with Gasteiger partial charge in [0, 0.05) is 13.1 Å². The van der Waals surface area contributed by atoms with E-state index in [1.807, 2.05) is 4.90 Å². The standard InChI is InChI=1S/C18H28N4O3/c1-12(22-16(24)18(20-17(22)25)6-2-3-7-18)15(23)21-8-4-13-10-19-11-14(13)5-9-21/h12-14,19H,2-11H2,1H3,(H,20,25)/t12?,13-,14+. The van der Waals surface area contributed by atoms with Gasteiger partial charge in [-0.15, -0.1) is 0 Å². The first kappa shape index (κ1) is 16.8. The molecule has 0 aromatic carbocycles. The zero-order valence-electron chi connectivity index (χ0n) is 14.9. The largest absolute Gasteiger partial charge is 0.341 e. The number of nitrogens with zero attached hydrogens (tertiary/aromatic N) is 2. The highest BCUT2D eigenvalue weighted by Gasteiger charge is 2.54. The van der Waals surface area contributed by atoms with Crippen molar-refractivity contribution in [2.75, 3.05) is 26.2 Å². The van der Waals surface area contributed by atoms with Gasteiger partial charge in [0.05, 0.1) is 0 Å². The molecule has 1 unspecified atom stereocenters. The van der Waals surface area contributed by atoms with Crippen LogP contribution < -0.4 is 10.6 Å². The fourth-order valence-electron chi connectivity index (χ4n) is 5.12. The summed E-state index contributed by atoms with van der Waals surface area (Å²) in [6.07, 6.45) is 5.28. The highest BCUT2D eigenvalue weighted by Crippen LogP contribution is 2.36. The average Bonchev–Trinajstić information content (AvgIpc) is 3.26. The molecule has 1 aliphatic carbocycles. The molecule has 0 bridgehead atoms. The van der Waals surface area contributed by atoms with Crippen molar-refractivity contribution in [2.24, 2.45) is 11.8 Å². The Hall–Kier alpha value is -1.63. The zero-order chi connectivity index (χ0) is 17.6. The molecule has 3 aliphatic heterocycles. The predicted molar refractivity (Wildman–Crippen MR) is 91.7 cm³/mol. The Morgan fingerprint density at radius 2 is 1.72 bits per heavy atom. The van der Waals surface area contributed by atoms with Gasteiger partial charge in [-0.05, 0) is 57.5 Å². The lowest BCUT2D eigenvalue weighted by Crippen LogP contribution is -2.51. The average molecular weight is 348 g/mol. The molecule has 2 N–H and O–H groups in total. The molecule has 0 radical (unpaired) electrons. The lowest BCUT2D eigenvalue weighted by molar-refractivity contribution is -0.142. The van der Waals surface area contributed by atoms with Crippen LogP contribution in [0.2, 0.25) is 0 Å². The van der Waals surface area contributed by atoms with Crippen LogP contribution in [0.3, 0.4) is 0 Å². The summed E-state index contributed by atoms with van der Waals surface area (Å²) in [6, 6.07) is -1.12. The minimum absolute atomic E-state index is 0.0912. The van der Waals surface area contributed by atoms with Crippen molar-refractivity contribution >= 4 is 17.8 Å². The maximum absolute atomic E-state index is 13.0. The quantitative estimate of drug-likeness (QED) is 0.720. The second kappa shape index (κ2) is 6.27. The lowest BCUT2D eigenvalue weighted by atomic mass is 9.92. The minimum atomic E-state index is -0.743. The molecular formula is C18H28N4O3. The Morgan fingerprint density at radius 3 is 2.32 bits per heavy atom. The molecule has 7 nitrogen and oxygen atoms in total. The molecule has 4 aliphatic rings. The van der Waals surface area contributed by atoms with Crippen molar-refractivity contribution in [1.82, 2.24) is 20.4 Å². The van der Waals surface area contributed by atoms with Crippen molar-refractivity contribution in [1.29, 1.82) is 0 Å². The number of nitrogens with one attached hydrogen (secondary N) is 2. The van der Waals surface area contributed by atoms with Gasteiger partial charge in [-0.25, -0.2) is 9.69 Å². The molecule has 3 saturated heterocycles. The Balaban J connectivity index is 1.45. The van der Waals surface area contributed by atoms with E-state index in [1.54, 1.807) is 6.92 Å². The third-order valence-corrected chi connectivity index (χ3v) is 6.73. The summed E-state index contributed by atoms with van der Waals surface area (Å²) in [5, 5.41) is 6.30. The smallest absolute Gasteiger partial charge is 0.325 e. The molecule has 4 fully saturated rings. The van der Waals surface area contributed by atoms with E-state index in [2.05, 4.69) is 10.6 Å². The minimum Gasteiger partial charge on any atom is -0.341 e. The molecule has 3 atom stereocenters. The molecule has 4 amide bonds. The van der Waals surface area contributed by atoms with Gasteiger partial charge in [0.1, 0.15) is 11.6 Å². The van der Waals surface area contributed by atoms with Gasteiger partial charge in [-0.1, -0.05) is 12.8 Å². The van der Waals surface area contributed by atoms with Gasteiger partial charge in [-0.3, -0.25) is 9.59 Å². The first-order chi connectivity index (χ1) is 12.0. The van der Waals surface area contributed by atoms with Crippen molar-refractivity contribution in [2.45, 2.75) is 57.0 Å². The molecule has 138 valence electrons. The van der Waals surface area contributed by atoms with Crippen LogP contribution in [0.25, 0.3) is 0 Å². The summed E-state index contributed by atoms with van der Waals surface area (Å²) >= 11 is 0. The van der Waals surface area contributed by atoms with E-state index in [1.165, 1.54) is 4.90 Å². The Kier molecular flexibility index (Phi) is 4.22. The third-order valence-electron chi connectivity index (χ3n) is 6.73. The van der Waals surface area contributed by atoms with Crippen LogP contribution in [0.4, 0.5) is 4.79 Å². The number of hydrogen-bond acceptors (Lipinski definition) is 4. The monoisotopic (exact) mass is 348 g/mol. The second-order valence-electron chi connectivity index (χ2n) is 8.15. The van der Waals surface area contributed by atoms with Gasteiger partial charge in [0.2, 0.25) is 5.91 Å². The number of fused-ring (bicyclic) bond motifs is 1. The van der Waals surface area contributed by atoms with E-state index >= 15 is 0 Å². The van der Waals surface area contributed by atoms with Gasteiger partial charge in [-0.2, -0.15) is 0 Å². The summed E-state index contributed by atoms with van der Waals surface area (Å²) in [5.74, 6) is 0.997. The highest BCUT2D eigenvalue weighted by molar-refractivity contribution is 6.09. The summed E-state index contributed by atoms with van der Waals surface area (Å²) in [4.78, 5) is 41.3. The Labute approximate surface area is 148 Å². The van der Waals surface area contributed by atoms with Crippen molar-refractivity contribution < 1.29 is 14.4 Å². The number of imide groups is 1. The molecule has 3 heterocycles. The highest BCUT2D eigenvalue weighted by atomic mass is 16.2. The summed E-state index contributed by atoms with van der Waals surface area (Å²) in [5.41, 5.74) is -0.743. The zero-order valence-corrected chi connectivity index (χ0v) is 14.9. The second-order valence-corrected chi connectivity index (χ2v) is 8.15. The van der Waals surface area contributed by atoms with E-state index in [4.69, 9.17) is 0 Å². The van der Waals surface area contributed by atoms with E-state index < -0.39 is 17.6 Å². The molecular weight excluding hydrogens is 320 g/mol. The van der Waals surface area contributed by atoms with Crippen molar-refractivity contribution in [3.8, 4) is 0 Å². The summed E-state index contributed by atoms with van der Waals surface area (Å²) in [6.45, 7) is 5.22. The third kappa shape index (κ3) is 2.72. The molecule has 1 spiro atoms. The number of amides is 4. The van der Waals surface area contributed by atoms with Crippen molar-refractivity contribution in [3.63, 3.8) is 0 Å². The Bertz CT molecular complexity index is 573. The van der Waals surface area contributed by atoms with Gasteiger partial charge < -0.3 is 15.5 Å². The molecule has 0 aromatic heterocycles. The van der Waals surface area contributed by atoms with Crippen LogP contribution in [0.15, 0.2) is 0 Å². The molecule has 7 heteroatoms. The van der Waals surface area contributed by atoms with Gasteiger partial charge in [0.15, 0.2) is 0 Å². The number of carbonyl (C=O) groups is 3. The van der Waals surface area contributed by atoms with Crippen LogP contribution in [0.1, 0.15) is 45.4 Å². The Morgan fingerprint density at radius 1 is 1.12 bits per heavy atom. The number of hydrogen-bond donors (Lipinski definition) is 2. The fraction of sp³-hybridized carbons (Fsp3) is 0.833. The van der Waals surface area contributed by atoms with E-state index in [0.717, 1.165) is 51.9 Å².